The number of benzene rings is 1. The summed E-state index contributed by atoms with van der Waals surface area (Å²) >= 11 is 3.46. The van der Waals surface area contributed by atoms with E-state index >= 15 is 0 Å². The van der Waals surface area contributed by atoms with Crippen LogP contribution in [-0.2, 0) is 0 Å². The largest absolute Gasteiger partial charge is 0.493 e. The van der Waals surface area contributed by atoms with Gasteiger partial charge in [-0.05, 0) is 31.0 Å². The van der Waals surface area contributed by atoms with Crippen LogP contribution < -0.4 is 10.4 Å². The van der Waals surface area contributed by atoms with E-state index in [9.17, 15) is 4.79 Å². The Morgan fingerprint density at radius 3 is 2.26 bits per heavy atom. The standard InChI is InChI=1S/C19H25BrO3/c20-13-7-5-3-1-2-4-6-8-14-22-17-11-9-16-10-12-19(21)23-18(16)15-17/h9-12,15H,1-8,13-14H2. The zero-order valence-electron chi connectivity index (χ0n) is 13.6. The number of ether oxygens (including phenoxy) is 1. The predicted molar refractivity (Wildman–Crippen MR) is 98.7 cm³/mol. The van der Waals surface area contributed by atoms with Gasteiger partial charge in [0.2, 0.25) is 0 Å². The minimum atomic E-state index is -0.328. The molecule has 1 aromatic carbocycles. The van der Waals surface area contributed by atoms with Gasteiger partial charge in [0, 0.05) is 22.8 Å². The Bertz CT molecular complexity index is 636. The minimum Gasteiger partial charge on any atom is -0.493 e. The topological polar surface area (TPSA) is 39.4 Å². The van der Waals surface area contributed by atoms with E-state index in [0.717, 1.165) is 22.9 Å². The van der Waals surface area contributed by atoms with E-state index in [2.05, 4.69) is 15.9 Å². The smallest absolute Gasteiger partial charge is 0.336 e. The summed E-state index contributed by atoms with van der Waals surface area (Å²) in [6, 6.07) is 8.83. The lowest BCUT2D eigenvalue weighted by atomic mass is 10.1. The van der Waals surface area contributed by atoms with E-state index in [1.54, 1.807) is 12.1 Å². The average Bonchev–Trinajstić information content (AvgIpc) is 2.56. The van der Waals surface area contributed by atoms with Gasteiger partial charge in [0.25, 0.3) is 0 Å². The molecule has 0 saturated carbocycles. The number of rotatable bonds is 11. The van der Waals surface area contributed by atoms with Crippen molar-refractivity contribution >= 4 is 26.9 Å². The van der Waals surface area contributed by atoms with Gasteiger partial charge in [0.15, 0.2) is 0 Å². The highest BCUT2D eigenvalue weighted by Crippen LogP contribution is 2.19. The Morgan fingerprint density at radius 2 is 1.52 bits per heavy atom. The fourth-order valence-electron chi connectivity index (χ4n) is 2.58. The second-order valence-corrected chi connectivity index (χ2v) is 6.61. The zero-order valence-corrected chi connectivity index (χ0v) is 15.1. The Morgan fingerprint density at radius 1 is 0.870 bits per heavy atom. The van der Waals surface area contributed by atoms with Gasteiger partial charge in [-0.25, -0.2) is 4.79 Å². The van der Waals surface area contributed by atoms with Crippen LogP contribution in [0, 0.1) is 0 Å². The molecule has 0 saturated heterocycles. The van der Waals surface area contributed by atoms with E-state index in [0.29, 0.717) is 12.2 Å². The van der Waals surface area contributed by atoms with Crippen LogP contribution in [0.2, 0.25) is 0 Å². The molecule has 0 fully saturated rings. The van der Waals surface area contributed by atoms with Crippen molar-refractivity contribution in [2.24, 2.45) is 0 Å². The molecule has 0 N–H and O–H groups in total. The highest BCUT2D eigenvalue weighted by molar-refractivity contribution is 9.09. The van der Waals surface area contributed by atoms with Crippen molar-refractivity contribution in [2.75, 3.05) is 11.9 Å². The lowest BCUT2D eigenvalue weighted by Gasteiger charge is -2.07. The lowest BCUT2D eigenvalue weighted by Crippen LogP contribution is -1.98. The summed E-state index contributed by atoms with van der Waals surface area (Å²) in [7, 11) is 0. The van der Waals surface area contributed by atoms with Crippen LogP contribution in [0.15, 0.2) is 39.5 Å². The molecule has 0 aliphatic rings. The Kier molecular flexibility index (Phi) is 8.23. The molecule has 23 heavy (non-hydrogen) atoms. The summed E-state index contributed by atoms with van der Waals surface area (Å²) in [5.41, 5.74) is 0.254. The summed E-state index contributed by atoms with van der Waals surface area (Å²) in [5.74, 6) is 0.765. The van der Waals surface area contributed by atoms with Crippen LogP contribution in [0.3, 0.4) is 0 Å². The second-order valence-electron chi connectivity index (χ2n) is 5.82. The zero-order chi connectivity index (χ0) is 16.3. The molecule has 3 nitrogen and oxygen atoms in total. The SMILES string of the molecule is O=c1ccc2ccc(OCCCCCCCCCCBr)cc2o1. The first-order valence-corrected chi connectivity index (χ1v) is 9.64. The quantitative estimate of drug-likeness (QED) is 0.285. The first-order valence-electron chi connectivity index (χ1n) is 8.52. The van der Waals surface area contributed by atoms with Gasteiger partial charge < -0.3 is 9.15 Å². The van der Waals surface area contributed by atoms with Crippen molar-refractivity contribution in [2.45, 2.75) is 51.4 Å². The normalized spacial score (nSPS) is 11.0. The maximum atomic E-state index is 11.2. The molecule has 0 amide bonds. The molecular formula is C19H25BrO3. The second kappa shape index (κ2) is 10.5. The third-order valence-electron chi connectivity index (χ3n) is 3.89. The van der Waals surface area contributed by atoms with E-state index in [4.69, 9.17) is 9.15 Å². The van der Waals surface area contributed by atoms with Crippen LogP contribution in [0.1, 0.15) is 51.4 Å². The van der Waals surface area contributed by atoms with Gasteiger partial charge in [-0.2, -0.15) is 0 Å². The highest BCUT2D eigenvalue weighted by Gasteiger charge is 2.00. The molecule has 0 aliphatic carbocycles. The number of fused-ring (bicyclic) bond motifs is 1. The molecule has 2 aromatic rings. The van der Waals surface area contributed by atoms with E-state index in [1.807, 2.05) is 12.1 Å². The molecule has 0 unspecified atom stereocenters. The van der Waals surface area contributed by atoms with Crippen molar-refractivity contribution in [1.82, 2.24) is 0 Å². The fraction of sp³-hybridized carbons (Fsp3) is 0.526. The van der Waals surface area contributed by atoms with E-state index in [-0.39, 0.29) is 5.63 Å². The molecule has 0 radical (unpaired) electrons. The summed E-state index contributed by atoms with van der Waals surface area (Å²) < 4.78 is 10.9. The van der Waals surface area contributed by atoms with Crippen LogP contribution >= 0.6 is 15.9 Å². The number of halogens is 1. The summed E-state index contributed by atoms with van der Waals surface area (Å²) in [6.45, 7) is 0.714. The van der Waals surface area contributed by atoms with E-state index < -0.39 is 0 Å². The van der Waals surface area contributed by atoms with E-state index in [1.165, 1.54) is 51.0 Å². The van der Waals surface area contributed by atoms with Crippen molar-refractivity contribution < 1.29 is 9.15 Å². The predicted octanol–water partition coefficient (Wildman–Crippen LogP) is 5.69. The Labute approximate surface area is 146 Å². The first kappa shape index (κ1) is 18.1. The van der Waals surface area contributed by atoms with Crippen LogP contribution in [0.25, 0.3) is 11.0 Å². The van der Waals surface area contributed by atoms with Crippen LogP contribution in [-0.4, -0.2) is 11.9 Å². The van der Waals surface area contributed by atoms with Gasteiger partial charge in [-0.15, -0.1) is 0 Å². The average molecular weight is 381 g/mol. The Balaban J connectivity index is 1.60. The third kappa shape index (κ3) is 6.78. The molecule has 0 aliphatic heterocycles. The number of alkyl halides is 1. The molecule has 0 spiro atoms. The summed E-state index contributed by atoms with van der Waals surface area (Å²) in [5, 5.41) is 2.04. The minimum absolute atomic E-state index is 0.328. The van der Waals surface area contributed by atoms with Gasteiger partial charge in [-0.3, -0.25) is 0 Å². The molecule has 1 heterocycles. The van der Waals surface area contributed by atoms with Gasteiger partial charge >= 0.3 is 5.63 Å². The lowest BCUT2D eigenvalue weighted by molar-refractivity contribution is 0.304. The molecule has 4 heteroatoms. The molecule has 2 rings (SSSR count). The number of hydrogen-bond acceptors (Lipinski definition) is 3. The Hall–Kier alpha value is -1.29. The summed E-state index contributed by atoms with van der Waals surface area (Å²) in [6.07, 6.45) is 10.2. The maximum Gasteiger partial charge on any atom is 0.336 e. The molecule has 126 valence electrons. The van der Waals surface area contributed by atoms with Crippen molar-refractivity contribution in [3.05, 3.63) is 40.8 Å². The highest BCUT2D eigenvalue weighted by atomic mass is 79.9. The van der Waals surface area contributed by atoms with Gasteiger partial charge in [-0.1, -0.05) is 54.5 Å². The van der Waals surface area contributed by atoms with Crippen LogP contribution in [0.5, 0.6) is 5.75 Å². The van der Waals surface area contributed by atoms with Crippen LogP contribution in [0.4, 0.5) is 0 Å². The monoisotopic (exact) mass is 380 g/mol. The van der Waals surface area contributed by atoms with Crippen molar-refractivity contribution in [3.8, 4) is 5.75 Å². The molecule has 0 atom stereocenters. The third-order valence-corrected chi connectivity index (χ3v) is 4.45. The number of hydrogen-bond donors (Lipinski definition) is 0. The molecule has 0 bridgehead atoms. The van der Waals surface area contributed by atoms with Gasteiger partial charge in [0.1, 0.15) is 11.3 Å². The summed E-state index contributed by atoms with van der Waals surface area (Å²) in [4.78, 5) is 11.2. The van der Waals surface area contributed by atoms with Gasteiger partial charge in [0.05, 0.1) is 6.61 Å². The maximum absolute atomic E-state index is 11.2. The van der Waals surface area contributed by atoms with Crippen molar-refractivity contribution in [3.63, 3.8) is 0 Å². The molecular weight excluding hydrogens is 356 g/mol. The fourth-order valence-corrected chi connectivity index (χ4v) is 2.97. The number of unbranched alkanes of at least 4 members (excludes halogenated alkanes) is 7. The van der Waals surface area contributed by atoms with Crippen molar-refractivity contribution in [1.29, 1.82) is 0 Å². The molecule has 1 aromatic heterocycles. The first-order chi connectivity index (χ1) is 11.3.